The number of ether oxygens (including phenoxy) is 3. The van der Waals surface area contributed by atoms with E-state index in [2.05, 4.69) is 9.47 Å². The summed E-state index contributed by atoms with van der Waals surface area (Å²) in [5.74, 6) is -0.688. The third-order valence-corrected chi connectivity index (χ3v) is 3.01. The number of carbonyl (C=O) groups excluding carboxylic acids is 1. The van der Waals surface area contributed by atoms with Crippen LogP contribution in [0.2, 0.25) is 0 Å². The Morgan fingerprint density at radius 1 is 1.16 bits per heavy atom. The molecule has 4 nitrogen and oxygen atoms in total. The maximum atomic E-state index is 12.9. The molecule has 0 rings (SSSR count). The van der Waals surface area contributed by atoms with Crippen LogP contribution in [-0.4, -0.2) is 38.3 Å². The van der Waals surface area contributed by atoms with Crippen LogP contribution in [0.25, 0.3) is 0 Å². The molecule has 0 heterocycles. The highest BCUT2D eigenvalue weighted by Crippen LogP contribution is 2.34. The van der Waals surface area contributed by atoms with Gasteiger partial charge in [0, 0.05) is 7.11 Å². The van der Waals surface area contributed by atoms with Crippen LogP contribution in [0.3, 0.4) is 0 Å². The molecule has 0 N–H and O–H groups in total. The fourth-order valence-electron chi connectivity index (χ4n) is 0.937. The van der Waals surface area contributed by atoms with Crippen LogP contribution >= 0.6 is 0 Å². The molecule has 0 aliphatic carbocycles. The van der Waals surface area contributed by atoms with Gasteiger partial charge in [0.05, 0.1) is 5.41 Å². The van der Waals surface area contributed by atoms with Crippen molar-refractivity contribution in [1.82, 2.24) is 0 Å². The number of esters is 1. The summed E-state index contributed by atoms with van der Waals surface area (Å²) in [4.78, 5) is 11.7. The van der Waals surface area contributed by atoms with Crippen LogP contribution in [0, 0.1) is 5.41 Å². The van der Waals surface area contributed by atoms with E-state index in [0.29, 0.717) is 6.42 Å². The molecule has 0 saturated carbocycles. The van der Waals surface area contributed by atoms with Crippen molar-refractivity contribution in [3.05, 3.63) is 0 Å². The van der Waals surface area contributed by atoms with E-state index in [1.54, 1.807) is 20.8 Å². The molecular formula is C12H21F3O4. The lowest BCUT2D eigenvalue weighted by atomic mass is 9.90. The molecule has 0 bridgehead atoms. The molecule has 0 aromatic carbocycles. The first-order valence-corrected chi connectivity index (χ1v) is 5.87. The summed E-state index contributed by atoms with van der Waals surface area (Å²) < 4.78 is 52.5. The zero-order chi connectivity index (χ0) is 15.3. The highest BCUT2D eigenvalue weighted by Gasteiger charge is 2.54. The Morgan fingerprint density at radius 2 is 1.68 bits per heavy atom. The van der Waals surface area contributed by atoms with E-state index in [0.717, 1.165) is 6.92 Å². The molecule has 1 unspecified atom stereocenters. The van der Waals surface area contributed by atoms with Crippen LogP contribution < -0.4 is 0 Å². The number of hydrogen-bond donors (Lipinski definition) is 0. The van der Waals surface area contributed by atoms with Crippen LogP contribution in [0.4, 0.5) is 13.2 Å². The number of hydrogen-bond acceptors (Lipinski definition) is 4. The van der Waals surface area contributed by atoms with Crippen LogP contribution in [0.5, 0.6) is 0 Å². The van der Waals surface area contributed by atoms with Gasteiger partial charge in [-0.15, -0.1) is 0 Å². The van der Waals surface area contributed by atoms with E-state index in [9.17, 15) is 18.0 Å². The van der Waals surface area contributed by atoms with E-state index in [-0.39, 0.29) is 0 Å². The van der Waals surface area contributed by atoms with E-state index in [1.165, 1.54) is 7.11 Å². The Hall–Kier alpha value is -0.820. The van der Waals surface area contributed by atoms with Gasteiger partial charge in [-0.3, -0.25) is 4.79 Å². The summed E-state index contributed by atoms with van der Waals surface area (Å²) in [6, 6.07) is 0. The van der Waals surface area contributed by atoms with Gasteiger partial charge in [0.1, 0.15) is 13.4 Å². The summed E-state index contributed by atoms with van der Waals surface area (Å²) in [6.45, 7) is 4.35. The maximum absolute atomic E-state index is 12.9. The Kier molecular flexibility index (Phi) is 6.28. The predicted molar refractivity (Wildman–Crippen MR) is 62.5 cm³/mol. The molecule has 0 fully saturated rings. The highest BCUT2D eigenvalue weighted by molar-refractivity contribution is 5.75. The topological polar surface area (TPSA) is 44.8 Å². The second kappa shape index (κ2) is 6.56. The zero-order valence-electron chi connectivity index (χ0n) is 11.9. The average molecular weight is 286 g/mol. The number of carbonyl (C=O) groups is 1. The SMILES string of the molecule is CCC(C)(C)C(=O)OCC(C)(OCOC)C(F)(F)F. The van der Waals surface area contributed by atoms with Crippen molar-refractivity contribution >= 4 is 5.97 Å². The molecule has 0 amide bonds. The fraction of sp³-hybridized carbons (Fsp3) is 0.917. The average Bonchev–Trinajstić information content (AvgIpc) is 2.31. The summed E-state index contributed by atoms with van der Waals surface area (Å²) in [6.07, 6.45) is -4.20. The van der Waals surface area contributed by atoms with E-state index in [4.69, 9.17) is 4.74 Å². The lowest BCUT2D eigenvalue weighted by molar-refractivity contribution is -0.300. The Labute approximate surface area is 111 Å². The monoisotopic (exact) mass is 286 g/mol. The molecule has 0 saturated heterocycles. The molecule has 114 valence electrons. The second-order valence-electron chi connectivity index (χ2n) is 5.09. The minimum absolute atomic E-state index is 0.466. The number of alkyl halides is 3. The Morgan fingerprint density at radius 3 is 2.05 bits per heavy atom. The highest BCUT2D eigenvalue weighted by atomic mass is 19.4. The number of methoxy groups -OCH3 is 1. The summed E-state index contributed by atoms with van der Waals surface area (Å²) in [7, 11) is 1.21. The standard InChI is InChI=1S/C12H21F3O4/c1-6-10(2,3)9(16)18-7-11(4,12(13,14)15)19-8-17-5/h6-8H2,1-5H3. The first-order valence-electron chi connectivity index (χ1n) is 5.87. The first-order chi connectivity index (χ1) is 8.50. The van der Waals surface area contributed by atoms with Crippen molar-refractivity contribution in [3.63, 3.8) is 0 Å². The molecule has 0 aliphatic heterocycles. The van der Waals surface area contributed by atoms with E-state index >= 15 is 0 Å². The Bertz CT molecular complexity index is 302. The largest absolute Gasteiger partial charge is 0.462 e. The zero-order valence-corrected chi connectivity index (χ0v) is 11.9. The molecular weight excluding hydrogens is 265 g/mol. The number of rotatable bonds is 7. The molecule has 0 radical (unpaired) electrons. The van der Waals surface area contributed by atoms with Crippen LogP contribution in [-0.2, 0) is 19.0 Å². The third kappa shape index (κ3) is 4.99. The first kappa shape index (κ1) is 18.2. The molecule has 0 aliphatic rings. The predicted octanol–water partition coefficient (Wildman–Crippen LogP) is 2.91. The van der Waals surface area contributed by atoms with Gasteiger partial charge in [0.15, 0.2) is 5.60 Å². The quantitative estimate of drug-likeness (QED) is 0.533. The van der Waals surface area contributed by atoms with Crippen molar-refractivity contribution in [2.24, 2.45) is 5.41 Å². The van der Waals surface area contributed by atoms with Gasteiger partial charge >= 0.3 is 12.1 Å². The molecule has 19 heavy (non-hydrogen) atoms. The van der Waals surface area contributed by atoms with Gasteiger partial charge in [-0.25, -0.2) is 0 Å². The smallest absolute Gasteiger partial charge is 0.420 e. The van der Waals surface area contributed by atoms with Crippen molar-refractivity contribution in [1.29, 1.82) is 0 Å². The van der Waals surface area contributed by atoms with Crippen LogP contribution in [0.15, 0.2) is 0 Å². The minimum atomic E-state index is -4.66. The lowest BCUT2D eigenvalue weighted by Gasteiger charge is -2.32. The van der Waals surface area contributed by atoms with Crippen molar-refractivity contribution < 1.29 is 32.2 Å². The Balaban J connectivity index is 4.73. The third-order valence-electron chi connectivity index (χ3n) is 3.01. The summed E-state index contributed by atoms with van der Waals surface area (Å²) in [5, 5.41) is 0. The van der Waals surface area contributed by atoms with Crippen LogP contribution in [0.1, 0.15) is 34.1 Å². The molecule has 0 aromatic heterocycles. The molecule has 0 aromatic rings. The molecule has 1 atom stereocenters. The van der Waals surface area contributed by atoms with Gasteiger partial charge in [-0.2, -0.15) is 13.2 Å². The number of halogens is 3. The van der Waals surface area contributed by atoms with Gasteiger partial charge < -0.3 is 14.2 Å². The van der Waals surface area contributed by atoms with Gasteiger partial charge in [-0.1, -0.05) is 6.92 Å². The molecule has 0 spiro atoms. The van der Waals surface area contributed by atoms with Gasteiger partial charge in [0.2, 0.25) is 0 Å². The van der Waals surface area contributed by atoms with Gasteiger partial charge in [-0.05, 0) is 27.2 Å². The summed E-state index contributed by atoms with van der Waals surface area (Å²) >= 11 is 0. The van der Waals surface area contributed by atoms with Crippen molar-refractivity contribution in [3.8, 4) is 0 Å². The second-order valence-corrected chi connectivity index (χ2v) is 5.09. The van der Waals surface area contributed by atoms with E-state index in [1.807, 2.05) is 0 Å². The fourth-order valence-corrected chi connectivity index (χ4v) is 0.937. The lowest BCUT2D eigenvalue weighted by Crippen LogP contribution is -2.50. The van der Waals surface area contributed by atoms with E-state index < -0.39 is 36.6 Å². The van der Waals surface area contributed by atoms with Crippen molar-refractivity contribution in [2.45, 2.75) is 45.9 Å². The minimum Gasteiger partial charge on any atom is -0.462 e. The molecule has 7 heteroatoms. The normalized spacial score (nSPS) is 16.0. The van der Waals surface area contributed by atoms with Gasteiger partial charge in [0.25, 0.3) is 0 Å². The summed E-state index contributed by atoms with van der Waals surface area (Å²) in [5.41, 5.74) is -3.41. The van der Waals surface area contributed by atoms with Crippen molar-refractivity contribution in [2.75, 3.05) is 20.5 Å². The maximum Gasteiger partial charge on any atom is 0.420 e.